The molecular formula is C20H24N2. The van der Waals surface area contributed by atoms with Crippen LogP contribution in [-0.4, -0.2) is 0 Å². The second kappa shape index (κ2) is 6.52. The molecule has 0 spiro atoms. The van der Waals surface area contributed by atoms with Crippen LogP contribution in [0.4, 0.5) is 11.4 Å². The number of hydrogen-bond acceptors (Lipinski definition) is 2. The lowest BCUT2D eigenvalue weighted by atomic mass is 9.93. The van der Waals surface area contributed by atoms with Crippen molar-refractivity contribution in [2.24, 2.45) is 0 Å². The number of nitrogen functional groups attached to an aromatic ring is 2. The van der Waals surface area contributed by atoms with Gasteiger partial charge in [-0.3, -0.25) is 0 Å². The maximum Gasteiger partial charge on any atom is 0.0379 e. The molecule has 0 aliphatic carbocycles. The van der Waals surface area contributed by atoms with Crippen LogP contribution in [0.1, 0.15) is 22.3 Å². The van der Waals surface area contributed by atoms with Crippen LogP contribution in [-0.2, 0) is 12.8 Å². The van der Waals surface area contributed by atoms with Crippen LogP contribution < -0.4 is 11.5 Å². The second-order valence-electron chi connectivity index (χ2n) is 5.72. The molecule has 114 valence electrons. The molecule has 0 aliphatic rings. The van der Waals surface area contributed by atoms with Crippen LogP contribution >= 0.6 is 0 Å². The molecule has 0 saturated carbocycles. The number of rotatable bonds is 5. The molecule has 0 radical (unpaired) electrons. The monoisotopic (exact) mass is 292 g/mol. The standard InChI is InChI=1S/C20H24N2/c1-5-7-15-11-17(9-13(3)19(15)21)18-10-14(4)20(22)16(12-18)8-6-2/h5-6,9-12H,1-2,7-8,21-22H2,3-4H3. The maximum atomic E-state index is 6.17. The summed E-state index contributed by atoms with van der Waals surface area (Å²) < 4.78 is 0. The highest BCUT2D eigenvalue weighted by atomic mass is 14.6. The third kappa shape index (κ3) is 3.06. The van der Waals surface area contributed by atoms with E-state index >= 15 is 0 Å². The first-order valence-electron chi connectivity index (χ1n) is 7.48. The lowest BCUT2D eigenvalue weighted by Crippen LogP contribution is -2.00. The van der Waals surface area contributed by atoms with Crippen molar-refractivity contribution in [1.29, 1.82) is 0 Å². The highest BCUT2D eigenvalue weighted by Crippen LogP contribution is 2.31. The minimum atomic E-state index is 0.772. The van der Waals surface area contributed by atoms with Crippen LogP contribution in [0, 0.1) is 13.8 Å². The van der Waals surface area contributed by atoms with E-state index in [0.29, 0.717) is 0 Å². The predicted octanol–water partition coefficient (Wildman–Crippen LogP) is 4.59. The number of aryl methyl sites for hydroxylation is 2. The van der Waals surface area contributed by atoms with Gasteiger partial charge in [-0.2, -0.15) is 0 Å². The molecule has 2 rings (SSSR count). The summed E-state index contributed by atoms with van der Waals surface area (Å²) in [6, 6.07) is 8.55. The summed E-state index contributed by atoms with van der Waals surface area (Å²) in [6.07, 6.45) is 5.31. The molecule has 0 unspecified atom stereocenters. The fraction of sp³-hybridized carbons (Fsp3) is 0.200. The van der Waals surface area contributed by atoms with Gasteiger partial charge in [0.25, 0.3) is 0 Å². The Hall–Kier alpha value is -2.48. The normalized spacial score (nSPS) is 10.5. The van der Waals surface area contributed by atoms with Crippen molar-refractivity contribution in [3.05, 3.63) is 71.8 Å². The first kappa shape index (κ1) is 15.9. The number of benzene rings is 2. The summed E-state index contributed by atoms with van der Waals surface area (Å²) in [6.45, 7) is 11.7. The Morgan fingerprint density at radius 2 is 1.14 bits per heavy atom. The molecular weight excluding hydrogens is 268 g/mol. The van der Waals surface area contributed by atoms with Crippen molar-refractivity contribution in [3.8, 4) is 11.1 Å². The highest BCUT2D eigenvalue weighted by molar-refractivity contribution is 5.74. The van der Waals surface area contributed by atoms with Gasteiger partial charge in [0.1, 0.15) is 0 Å². The minimum absolute atomic E-state index is 0.772. The van der Waals surface area contributed by atoms with E-state index in [4.69, 9.17) is 11.5 Å². The summed E-state index contributed by atoms with van der Waals surface area (Å²) >= 11 is 0. The Kier molecular flexibility index (Phi) is 4.71. The van der Waals surface area contributed by atoms with Crippen LogP contribution in [0.5, 0.6) is 0 Å². The molecule has 2 aromatic carbocycles. The van der Waals surface area contributed by atoms with E-state index < -0.39 is 0 Å². The van der Waals surface area contributed by atoms with Crippen molar-refractivity contribution in [2.45, 2.75) is 26.7 Å². The lowest BCUT2D eigenvalue weighted by Gasteiger charge is -2.14. The lowest BCUT2D eigenvalue weighted by molar-refractivity contribution is 1.25. The average Bonchev–Trinajstić information content (AvgIpc) is 2.48. The molecule has 0 amide bonds. The third-order valence-electron chi connectivity index (χ3n) is 4.01. The first-order chi connectivity index (χ1) is 10.5. The zero-order valence-corrected chi connectivity index (χ0v) is 13.4. The largest absolute Gasteiger partial charge is 0.398 e. The summed E-state index contributed by atoms with van der Waals surface area (Å²) in [7, 11) is 0. The highest BCUT2D eigenvalue weighted by Gasteiger charge is 2.09. The maximum absolute atomic E-state index is 6.17. The Bertz CT molecular complexity index is 663. The second-order valence-corrected chi connectivity index (χ2v) is 5.72. The minimum Gasteiger partial charge on any atom is -0.398 e. The van der Waals surface area contributed by atoms with Crippen LogP contribution in [0.15, 0.2) is 49.6 Å². The predicted molar refractivity (Wildman–Crippen MR) is 98.0 cm³/mol. The van der Waals surface area contributed by atoms with Crippen molar-refractivity contribution in [1.82, 2.24) is 0 Å². The Labute approximate surface area is 133 Å². The molecule has 0 aliphatic heterocycles. The Morgan fingerprint density at radius 3 is 1.45 bits per heavy atom. The number of anilines is 2. The van der Waals surface area contributed by atoms with Crippen molar-refractivity contribution < 1.29 is 0 Å². The first-order valence-corrected chi connectivity index (χ1v) is 7.48. The molecule has 0 fully saturated rings. The van der Waals surface area contributed by atoms with E-state index in [1.807, 2.05) is 26.0 Å². The molecule has 0 bridgehead atoms. The molecule has 2 aromatic rings. The average molecular weight is 292 g/mol. The van der Waals surface area contributed by atoms with E-state index in [9.17, 15) is 0 Å². The van der Waals surface area contributed by atoms with Gasteiger partial charge in [-0.1, -0.05) is 12.2 Å². The van der Waals surface area contributed by atoms with Gasteiger partial charge in [-0.25, -0.2) is 0 Å². The number of nitrogens with two attached hydrogens (primary N) is 2. The van der Waals surface area contributed by atoms with Gasteiger partial charge in [0.15, 0.2) is 0 Å². The van der Waals surface area contributed by atoms with E-state index in [2.05, 4.69) is 37.4 Å². The molecule has 0 atom stereocenters. The van der Waals surface area contributed by atoms with Gasteiger partial charge in [-0.05, 0) is 84.3 Å². The van der Waals surface area contributed by atoms with Gasteiger partial charge in [-0.15, -0.1) is 13.2 Å². The molecule has 4 N–H and O–H groups in total. The van der Waals surface area contributed by atoms with E-state index in [-0.39, 0.29) is 0 Å². The van der Waals surface area contributed by atoms with Crippen molar-refractivity contribution >= 4 is 11.4 Å². The summed E-state index contributed by atoms with van der Waals surface area (Å²) in [5.41, 5.74) is 20.8. The zero-order chi connectivity index (χ0) is 16.3. The molecule has 0 aromatic heterocycles. The fourth-order valence-corrected chi connectivity index (χ4v) is 2.72. The molecule has 2 heteroatoms. The van der Waals surface area contributed by atoms with Crippen molar-refractivity contribution in [3.63, 3.8) is 0 Å². The Morgan fingerprint density at radius 1 is 0.773 bits per heavy atom. The van der Waals surface area contributed by atoms with Crippen LogP contribution in [0.25, 0.3) is 11.1 Å². The zero-order valence-electron chi connectivity index (χ0n) is 13.4. The molecule has 22 heavy (non-hydrogen) atoms. The number of allylic oxidation sites excluding steroid dienone is 2. The summed E-state index contributed by atoms with van der Waals surface area (Å²) in [5.74, 6) is 0. The van der Waals surface area contributed by atoms with Gasteiger partial charge in [0.2, 0.25) is 0 Å². The van der Waals surface area contributed by atoms with Gasteiger partial charge >= 0.3 is 0 Å². The topological polar surface area (TPSA) is 52.0 Å². The van der Waals surface area contributed by atoms with Gasteiger partial charge < -0.3 is 11.5 Å². The van der Waals surface area contributed by atoms with Crippen LogP contribution in [0.2, 0.25) is 0 Å². The third-order valence-corrected chi connectivity index (χ3v) is 4.01. The summed E-state index contributed by atoms with van der Waals surface area (Å²) in [4.78, 5) is 0. The smallest absolute Gasteiger partial charge is 0.0379 e. The quantitative estimate of drug-likeness (QED) is 0.625. The fourth-order valence-electron chi connectivity index (χ4n) is 2.72. The molecule has 0 heterocycles. The molecule has 2 nitrogen and oxygen atoms in total. The molecule has 0 saturated heterocycles. The van der Waals surface area contributed by atoms with E-state index in [1.165, 1.54) is 0 Å². The van der Waals surface area contributed by atoms with Gasteiger partial charge in [0, 0.05) is 11.4 Å². The SMILES string of the molecule is C=CCc1cc(-c2cc(C)c(N)c(CC=C)c2)cc(C)c1N. The van der Waals surface area contributed by atoms with Gasteiger partial charge in [0.05, 0.1) is 0 Å². The Balaban J connectivity index is 2.61. The number of hydrogen-bond donors (Lipinski definition) is 2. The van der Waals surface area contributed by atoms with E-state index in [0.717, 1.165) is 57.6 Å². The van der Waals surface area contributed by atoms with E-state index in [1.54, 1.807) is 0 Å². The summed E-state index contributed by atoms with van der Waals surface area (Å²) in [5, 5.41) is 0. The van der Waals surface area contributed by atoms with Crippen molar-refractivity contribution in [2.75, 3.05) is 11.5 Å². The van der Waals surface area contributed by atoms with Crippen LogP contribution in [0.3, 0.4) is 0 Å².